The van der Waals surface area contributed by atoms with E-state index in [0.29, 0.717) is 16.3 Å². The van der Waals surface area contributed by atoms with E-state index in [4.69, 9.17) is 16.0 Å². The monoisotopic (exact) mass is 363 g/mol. The zero-order valence-corrected chi connectivity index (χ0v) is 13.8. The van der Waals surface area contributed by atoms with Gasteiger partial charge in [-0.3, -0.25) is 4.79 Å². The number of carbonyl (C=O) groups excluding carboxylic acids is 1. The van der Waals surface area contributed by atoms with Crippen LogP contribution in [0.2, 0.25) is 5.02 Å². The van der Waals surface area contributed by atoms with Gasteiger partial charge < -0.3 is 9.73 Å². The van der Waals surface area contributed by atoms with Gasteiger partial charge in [0.25, 0.3) is 5.22 Å². The van der Waals surface area contributed by atoms with Gasteiger partial charge in [0.1, 0.15) is 5.82 Å². The van der Waals surface area contributed by atoms with Crippen LogP contribution in [-0.4, -0.2) is 21.9 Å². The van der Waals surface area contributed by atoms with E-state index in [1.165, 1.54) is 12.1 Å². The van der Waals surface area contributed by atoms with E-state index in [-0.39, 0.29) is 28.6 Å². The molecule has 1 N–H and O–H groups in total. The van der Waals surface area contributed by atoms with Crippen LogP contribution in [-0.2, 0) is 4.79 Å². The van der Waals surface area contributed by atoms with Gasteiger partial charge in [-0.05, 0) is 36.4 Å². The topological polar surface area (TPSA) is 68.0 Å². The molecule has 5 nitrogen and oxygen atoms in total. The van der Waals surface area contributed by atoms with Gasteiger partial charge in [0.15, 0.2) is 0 Å². The highest BCUT2D eigenvalue weighted by Gasteiger charge is 2.12. The van der Waals surface area contributed by atoms with Gasteiger partial charge in [0.05, 0.1) is 16.5 Å². The lowest BCUT2D eigenvalue weighted by Gasteiger charge is -2.05. The SMILES string of the molecule is O=C(CSc1nnc(-c2ccc(F)cc2)o1)Nc1ccccc1Cl. The molecular formula is C16H11ClFN3O2S. The summed E-state index contributed by atoms with van der Waals surface area (Å²) in [7, 11) is 0. The van der Waals surface area contributed by atoms with E-state index in [9.17, 15) is 9.18 Å². The number of anilines is 1. The summed E-state index contributed by atoms with van der Waals surface area (Å²) in [6, 6.07) is 12.7. The summed E-state index contributed by atoms with van der Waals surface area (Å²) in [6.45, 7) is 0. The van der Waals surface area contributed by atoms with Crippen LogP contribution in [0, 0.1) is 5.82 Å². The fraction of sp³-hybridized carbons (Fsp3) is 0.0625. The van der Waals surface area contributed by atoms with Gasteiger partial charge in [0.2, 0.25) is 11.8 Å². The van der Waals surface area contributed by atoms with Crippen LogP contribution in [0.15, 0.2) is 58.2 Å². The molecule has 2 aromatic carbocycles. The standard InChI is InChI=1S/C16H11ClFN3O2S/c17-12-3-1-2-4-13(12)19-14(22)9-24-16-21-20-15(23-16)10-5-7-11(18)8-6-10/h1-8H,9H2,(H,19,22). The summed E-state index contributed by atoms with van der Waals surface area (Å²) in [5.41, 5.74) is 1.15. The van der Waals surface area contributed by atoms with Gasteiger partial charge >= 0.3 is 0 Å². The van der Waals surface area contributed by atoms with Crippen molar-refractivity contribution in [1.82, 2.24) is 10.2 Å². The van der Waals surface area contributed by atoms with Gasteiger partial charge in [-0.1, -0.05) is 35.5 Å². The normalized spacial score (nSPS) is 10.6. The molecule has 24 heavy (non-hydrogen) atoms. The molecule has 0 fully saturated rings. The number of carbonyl (C=O) groups is 1. The van der Waals surface area contributed by atoms with Gasteiger partial charge in [-0.2, -0.15) is 0 Å². The van der Waals surface area contributed by atoms with Crippen molar-refractivity contribution < 1.29 is 13.6 Å². The molecule has 0 atom stereocenters. The largest absolute Gasteiger partial charge is 0.411 e. The summed E-state index contributed by atoms with van der Waals surface area (Å²) in [5.74, 6) is -0.223. The first-order valence-corrected chi connectivity index (χ1v) is 8.25. The summed E-state index contributed by atoms with van der Waals surface area (Å²) >= 11 is 7.08. The first kappa shape index (κ1) is 16.5. The number of hydrogen-bond donors (Lipinski definition) is 1. The van der Waals surface area contributed by atoms with Crippen LogP contribution in [0.5, 0.6) is 0 Å². The average molecular weight is 364 g/mol. The number of para-hydroxylation sites is 1. The Morgan fingerprint density at radius 2 is 1.92 bits per heavy atom. The number of halogens is 2. The summed E-state index contributed by atoms with van der Waals surface area (Å²) in [4.78, 5) is 11.9. The molecule has 3 aromatic rings. The third-order valence-electron chi connectivity index (χ3n) is 2.97. The second kappa shape index (κ2) is 7.46. The predicted molar refractivity (Wildman–Crippen MR) is 90.5 cm³/mol. The molecule has 0 spiro atoms. The zero-order chi connectivity index (χ0) is 16.9. The number of thioether (sulfide) groups is 1. The molecule has 8 heteroatoms. The van der Waals surface area contributed by atoms with Crippen molar-refractivity contribution in [3.05, 3.63) is 59.4 Å². The van der Waals surface area contributed by atoms with Crippen molar-refractivity contribution in [3.63, 3.8) is 0 Å². The minimum absolute atomic E-state index is 0.0935. The maximum atomic E-state index is 12.9. The minimum Gasteiger partial charge on any atom is -0.411 e. The van der Waals surface area contributed by atoms with E-state index >= 15 is 0 Å². The van der Waals surface area contributed by atoms with Crippen molar-refractivity contribution in [2.45, 2.75) is 5.22 Å². The molecule has 0 bridgehead atoms. The van der Waals surface area contributed by atoms with Crippen molar-refractivity contribution in [2.75, 3.05) is 11.1 Å². The number of benzene rings is 2. The molecular weight excluding hydrogens is 353 g/mol. The fourth-order valence-corrected chi connectivity index (χ4v) is 2.60. The van der Waals surface area contributed by atoms with Crippen molar-refractivity contribution >= 4 is 35.0 Å². The molecule has 1 heterocycles. The third-order valence-corrected chi connectivity index (χ3v) is 4.12. The Labute approximate surface area is 146 Å². The number of rotatable bonds is 5. The molecule has 0 unspecified atom stereocenters. The van der Waals surface area contributed by atoms with Crippen LogP contribution < -0.4 is 5.32 Å². The molecule has 0 radical (unpaired) electrons. The maximum absolute atomic E-state index is 12.9. The van der Waals surface area contributed by atoms with E-state index in [0.717, 1.165) is 11.8 Å². The molecule has 122 valence electrons. The second-order valence-electron chi connectivity index (χ2n) is 4.70. The second-order valence-corrected chi connectivity index (χ2v) is 6.03. The lowest BCUT2D eigenvalue weighted by molar-refractivity contribution is -0.113. The highest BCUT2D eigenvalue weighted by molar-refractivity contribution is 7.99. The lowest BCUT2D eigenvalue weighted by Crippen LogP contribution is -2.14. The first-order valence-electron chi connectivity index (χ1n) is 6.88. The Morgan fingerprint density at radius 1 is 1.17 bits per heavy atom. The number of amides is 1. The Morgan fingerprint density at radius 3 is 2.67 bits per heavy atom. The smallest absolute Gasteiger partial charge is 0.277 e. The number of nitrogens with one attached hydrogen (secondary N) is 1. The van der Waals surface area contributed by atoms with Gasteiger partial charge in [-0.25, -0.2) is 4.39 Å². The van der Waals surface area contributed by atoms with Crippen LogP contribution >= 0.6 is 23.4 Å². The molecule has 3 rings (SSSR count). The summed E-state index contributed by atoms with van der Waals surface area (Å²) < 4.78 is 18.3. The summed E-state index contributed by atoms with van der Waals surface area (Å²) in [6.07, 6.45) is 0. The molecule has 1 amide bonds. The molecule has 0 saturated carbocycles. The fourth-order valence-electron chi connectivity index (χ4n) is 1.85. The molecule has 0 aliphatic heterocycles. The first-order chi connectivity index (χ1) is 11.6. The lowest BCUT2D eigenvalue weighted by atomic mass is 10.2. The zero-order valence-electron chi connectivity index (χ0n) is 12.2. The highest BCUT2D eigenvalue weighted by Crippen LogP contribution is 2.24. The Kier molecular flexibility index (Phi) is 5.12. The quantitative estimate of drug-likeness (QED) is 0.686. The summed E-state index contributed by atoms with van der Waals surface area (Å²) in [5, 5.41) is 11.2. The number of hydrogen-bond acceptors (Lipinski definition) is 5. The Balaban J connectivity index is 1.58. The molecule has 1 aromatic heterocycles. The van der Waals surface area contributed by atoms with Gasteiger partial charge in [-0.15, -0.1) is 10.2 Å². The van der Waals surface area contributed by atoms with E-state index in [2.05, 4.69) is 15.5 Å². The van der Waals surface area contributed by atoms with E-state index in [1.54, 1.807) is 36.4 Å². The highest BCUT2D eigenvalue weighted by atomic mass is 35.5. The van der Waals surface area contributed by atoms with Crippen LogP contribution in [0.25, 0.3) is 11.5 Å². The van der Waals surface area contributed by atoms with Gasteiger partial charge in [0, 0.05) is 5.56 Å². The molecule has 0 aliphatic rings. The van der Waals surface area contributed by atoms with E-state index < -0.39 is 0 Å². The van der Waals surface area contributed by atoms with Crippen LogP contribution in [0.3, 0.4) is 0 Å². The van der Waals surface area contributed by atoms with Crippen molar-refractivity contribution in [2.24, 2.45) is 0 Å². The number of aromatic nitrogens is 2. The number of nitrogens with zero attached hydrogens (tertiary/aromatic N) is 2. The minimum atomic E-state index is -0.343. The third kappa shape index (κ3) is 4.12. The molecule has 0 aliphatic carbocycles. The average Bonchev–Trinajstić information content (AvgIpc) is 3.05. The van der Waals surface area contributed by atoms with Crippen LogP contribution in [0.4, 0.5) is 10.1 Å². The Hall–Kier alpha value is -2.38. The van der Waals surface area contributed by atoms with Crippen molar-refractivity contribution in [1.29, 1.82) is 0 Å². The Bertz CT molecular complexity index is 855. The predicted octanol–water partition coefficient (Wildman–Crippen LogP) is 4.26. The van der Waals surface area contributed by atoms with E-state index in [1.807, 2.05) is 0 Å². The van der Waals surface area contributed by atoms with Crippen molar-refractivity contribution in [3.8, 4) is 11.5 Å². The van der Waals surface area contributed by atoms with Crippen LogP contribution in [0.1, 0.15) is 0 Å². The molecule has 0 saturated heterocycles. The maximum Gasteiger partial charge on any atom is 0.277 e.